The molecule has 2 heterocycles. The topological polar surface area (TPSA) is 48.6 Å². The second-order valence-electron chi connectivity index (χ2n) is 3.68. The molecule has 0 aliphatic rings. The van der Waals surface area contributed by atoms with Crippen LogP contribution in [0.4, 0.5) is 0 Å². The zero-order valence-corrected chi connectivity index (χ0v) is 8.53. The second kappa shape index (κ2) is 3.38. The highest BCUT2D eigenvalue weighted by Crippen LogP contribution is 2.16. The first-order chi connectivity index (χ1) is 7.84. The highest BCUT2D eigenvalue weighted by atomic mass is 16.1. The summed E-state index contributed by atoms with van der Waals surface area (Å²) < 4.78 is 0. The van der Waals surface area contributed by atoms with Gasteiger partial charge in [0.05, 0.1) is 11.1 Å². The maximum atomic E-state index is 11.8. The van der Waals surface area contributed by atoms with Gasteiger partial charge in [0, 0.05) is 12.3 Å². The number of aromatic nitrogens is 2. The van der Waals surface area contributed by atoms with E-state index in [1.54, 1.807) is 18.3 Å². The third-order valence-electron chi connectivity index (χ3n) is 2.63. The van der Waals surface area contributed by atoms with Crippen LogP contribution < -0.4 is 5.43 Å². The Kier molecular flexibility index (Phi) is 1.90. The SMILES string of the molecule is O=c1cc(-c2ccccc2)[nH]c2[nH]ccc12. The van der Waals surface area contributed by atoms with Gasteiger partial charge in [0.2, 0.25) is 0 Å². The van der Waals surface area contributed by atoms with Gasteiger partial charge in [-0.15, -0.1) is 0 Å². The first kappa shape index (κ1) is 8.97. The molecule has 3 rings (SSSR count). The van der Waals surface area contributed by atoms with Crippen LogP contribution in [0.5, 0.6) is 0 Å². The van der Waals surface area contributed by atoms with Crippen molar-refractivity contribution < 1.29 is 0 Å². The molecule has 0 saturated heterocycles. The van der Waals surface area contributed by atoms with Gasteiger partial charge in [-0.1, -0.05) is 30.3 Å². The Bertz CT molecular complexity index is 680. The van der Waals surface area contributed by atoms with Crippen LogP contribution in [0.15, 0.2) is 53.5 Å². The molecular formula is C13H10N2O. The lowest BCUT2D eigenvalue weighted by atomic mass is 10.1. The maximum Gasteiger partial charge on any atom is 0.191 e. The van der Waals surface area contributed by atoms with E-state index in [2.05, 4.69) is 9.97 Å². The minimum Gasteiger partial charge on any atom is -0.348 e. The van der Waals surface area contributed by atoms with E-state index in [4.69, 9.17) is 0 Å². The summed E-state index contributed by atoms with van der Waals surface area (Å²) in [6, 6.07) is 13.2. The van der Waals surface area contributed by atoms with Gasteiger partial charge in [0.15, 0.2) is 5.43 Å². The van der Waals surface area contributed by atoms with Crippen molar-refractivity contribution in [3.8, 4) is 11.3 Å². The van der Waals surface area contributed by atoms with Gasteiger partial charge in [-0.3, -0.25) is 4.79 Å². The second-order valence-corrected chi connectivity index (χ2v) is 3.68. The first-order valence-electron chi connectivity index (χ1n) is 5.10. The lowest BCUT2D eigenvalue weighted by Gasteiger charge is -2.01. The molecule has 78 valence electrons. The van der Waals surface area contributed by atoms with Crippen LogP contribution >= 0.6 is 0 Å². The van der Waals surface area contributed by atoms with Crippen molar-refractivity contribution >= 4 is 11.0 Å². The Morgan fingerprint density at radius 2 is 1.81 bits per heavy atom. The van der Waals surface area contributed by atoms with Crippen molar-refractivity contribution in [2.24, 2.45) is 0 Å². The fraction of sp³-hybridized carbons (Fsp3) is 0. The highest BCUT2D eigenvalue weighted by Gasteiger charge is 2.03. The summed E-state index contributed by atoms with van der Waals surface area (Å²) in [5, 5.41) is 0.694. The van der Waals surface area contributed by atoms with Gasteiger partial charge >= 0.3 is 0 Å². The van der Waals surface area contributed by atoms with E-state index in [9.17, 15) is 4.79 Å². The van der Waals surface area contributed by atoms with Gasteiger partial charge in [-0.05, 0) is 11.6 Å². The quantitative estimate of drug-likeness (QED) is 0.637. The molecule has 0 saturated carbocycles. The predicted octanol–water partition coefficient (Wildman–Crippen LogP) is 2.52. The monoisotopic (exact) mass is 210 g/mol. The molecule has 0 amide bonds. The number of hydrogen-bond acceptors (Lipinski definition) is 1. The lowest BCUT2D eigenvalue weighted by molar-refractivity contribution is 1.31. The summed E-state index contributed by atoms with van der Waals surface area (Å²) in [4.78, 5) is 18.0. The molecule has 3 heteroatoms. The van der Waals surface area contributed by atoms with Crippen LogP contribution in [-0.4, -0.2) is 9.97 Å². The van der Waals surface area contributed by atoms with Crippen molar-refractivity contribution in [3.05, 3.63) is 58.9 Å². The Balaban J connectivity index is 2.30. The van der Waals surface area contributed by atoms with Gasteiger partial charge < -0.3 is 9.97 Å². The average Bonchev–Trinajstić information content (AvgIpc) is 2.79. The number of hydrogen-bond donors (Lipinski definition) is 2. The first-order valence-corrected chi connectivity index (χ1v) is 5.10. The van der Waals surface area contributed by atoms with Crippen molar-refractivity contribution in [3.63, 3.8) is 0 Å². The van der Waals surface area contributed by atoms with Gasteiger partial charge in [-0.2, -0.15) is 0 Å². The number of pyridine rings is 1. The van der Waals surface area contributed by atoms with Crippen molar-refractivity contribution in [2.75, 3.05) is 0 Å². The third-order valence-corrected chi connectivity index (χ3v) is 2.63. The minimum absolute atomic E-state index is 0.0360. The van der Waals surface area contributed by atoms with Crippen LogP contribution in [0.25, 0.3) is 22.3 Å². The van der Waals surface area contributed by atoms with Crippen LogP contribution in [0, 0.1) is 0 Å². The molecule has 0 radical (unpaired) electrons. The summed E-state index contributed by atoms with van der Waals surface area (Å²) in [5.41, 5.74) is 2.65. The molecule has 1 aromatic carbocycles. The number of rotatable bonds is 1. The minimum atomic E-state index is 0.0360. The molecule has 0 spiro atoms. The number of aromatic amines is 2. The van der Waals surface area contributed by atoms with E-state index >= 15 is 0 Å². The third kappa shape index (κ3) is 1.34. The van der Waals surface area contributed by atoms with Crippen LogP contribution in [-0.2, 0) is 0 Å². The van der Waals surface area contributed by atoms with Crippen molar-refractivity contribution in [2.45, 2.75) is 0 Å². The normalized spacial score (nSPS) is 10.8. The average molecular weight is 210 g/mol. The highest BCUT2D eigenvalue weighted by molar-refractivity contribution is 5.78. The molecular weight excluding hydrogens is 200 g/mol. The van der Waals surface area contributed by atoms with E-state index in [0.717, 1.165) is 16.9 Å². The molecule has 2 aromatic heterocycles. The molecule has 3 nitrogen and oxygen atoms in total. The Morgan fingerprint density at radius 3 is 2.62 bits per heavy atom. The van der Waals surface area contributed by atoms with Crippen molar-refractivity contribution in [1.29, 1.82) is 0 Å². The van der Waals surface area contributed by atoms with E-state index in [-0.39, 0.29) is 5.43 Å². The Hall–Kier alpha value is -2.29. The van der Waals surface area contributed by atoms with Gasteiger partial charge in [-0.25, -0.2) is 0 Å². The molecule has 2 N–H and O–H groups in total. The number of fused-ring (bicyclic) bond motifs is 1. The molecule has 0 atom stereocenters. The van der Waals surface area contributed by atoms with Crippen LogP contribution in [0.1, 0.15) is 0 Å². The number of H-pyrrole nitrogens is 2. The Morgan fingerprint density at radius 1 is 1.00 bits per heavy atom. The largest absolute Gasteiger partial charge is 0.348 e. The number of benzene rings is 1. The molecule has 3 aromatic rings. The summed E-state index contributed by atoms with van der Waals surface area (Å²) in [7, 11) is 0. The smallest absolute Gasteiger partial charge is 0.191 e. The summed E-state index contributed by atoms with van der Waals surface area (Å²) in [6.07, 6.45) is 1.76. The Labute approximate surface area is 91.8 Å². The fourth-order valence-electron chi connectivity index (χ4n) is 1.83. The molecule has 16 heavy (non-hydrogen) atoms. The number of nitrogens with one attached hydrogen (secondary N) is 2. The lowest BCUT2D eigenvalue weighted by Crippen LogP contribution is -2.01. The predicted molar refractivity (Wildman–Crippen MR) is 64.4 cm³/mol. The molecule has 0 unspecified atom stereocenters. The van der Waals surface area contributed by atoms with E-state index < -0.39 is 0 Å². The fourth-order valence-corrected chi connectivity index (χ4v) is 1.83. The molecule has 0 bridgehead atoms. The summed E-state index contributed by atoms with van der Waals surface area (Å²) in [6.45, 7) is 0. The van der Waals surface area contributed by atoms with Crippen LogP contribution in [0.2, 0.25) is 0 Å². The standard InChI is InChI=1S/C13H10N2O/c16-12-8-11(9-4-2-1-3-5-9)15-13-10(12)6-7-14-13/h1-8H,(H2,14,15,16). The molecule has 0 fully saturated rings. The molecule has 0 aliphatic carbocycles. The molecule has 0 aliphatic heterocycles. The van der Waals surface area contributed by atoms with Crippen molar-refractivity contribution in [1.82, 2.24) is 9.97 Å². The van der Waals surface area contributed by atoms with E-state index in [1.807, 2.05) is 30.3 Å². The zero-order valence-electron chi connectivity index (χ0n) is 8.53. The maximum absolute atomic E-state index is 11.8. The summed E-state index contributed by atoms with van der Waals surface area (Å²) in [5.74, 6) is 0. The van der Waals surface area contributed by atoms with Gasteiger partial charge in [0.25, 0.3) is 0 Å². The van der Waals surface area contributed by atoms with Gasteiger partial charge in [0.1, 0.15) is 5.65 Å². The zero-order chi connectivity index (χ0) is 11.0. The van der Waals surface area contributed by atoms with E-state index in [1.165, 1.54) is 0 Å². The summed E-state index contributed by atoms with van der Waals surface area (Å²) >= 11 is 0. The van der Waals surface area contributed by atoms with E-state index in [0.29, 0.717) is 5.39 Å². The van der Waals surface area contributed by atoms with Crippen LogP contribution in [0.3, 0.4) is 0 Å².